The Hall–Kier alpha value is -2.05. The number of halogens is 1. The fraction of sp³-hybridized carbons (Fsp3) is 0.412. The van der Waals surface area contributed by atoms with Gasteiger partial charge in [0.2, 0.25) is 0 Å². The highest BCUT2D eigenvalue weighted by Gasteiger charge is 2.23. The number of morpholine rings is 1. The van der Waals surface area contributed by atoms with E-state index in [1.54, 1.807) is 12.3 Å². The Morgan fingerprint density at radius 2 is 2.04 bits per heavy atom. The molecule has 0 aromatic carbocycles. The maximum atomic E-state index is 11.9. The molecule has 3 heterocycles. The van der Waals surface area contributed by atoms with Crippen LogP contribution in [0.25, 0.3) is 0 Å². The summed E-state index contributed by atoms with van der Waals surface area (Å²) in [6.07, 6.45) is 2.15. The smallest absolute Gasteiger partial charge is 0.287 e. The van der Waals surface area contributed by atoms with Gasteiger partial charge in [-0.1, -0.05) is 6.07 Å². The number of hydrogen-bond donors (Lipinski definition) is 1. The Bertz CT molecular complexity index is 691. The molecular weight excluding hydrogens is 330 g/mol. The van der Waals surface area contributed by atoms with Crippen LogP contribution < -0.4 is 10.2 Å². The van der Waals surface area contributed by atoms with Crippen LogP contribution in [0.15, 0.2) is 34.9 Å². The van der Waals surface area contributed by atoms with Crippen molar-refractivity contribution in [2.75, 3.05) is 18.0 Å². The number of nitrogens with zero attached hydrogens (tertiary/aromatic N) is 2. The van der Waals surface area contributed by atoms with Crippen LogP contribution in [0, 0.1) is 0 Å². The molecule has 6 nitrogen and oxygen atoms in total. The van der Waals surface area contributed by atoms with Gasteiger partial charge >= 0.3 is 0 Å². The third-order valence-corrected chi connectivity index (χ3v) is 4.01. The largest absolute Gasteiger partial charge is 0.440 e. The van der Waals surface area contributed by atoms with Gasteiger partial charge in [0.15, 0.2) is 11.0 Å². The number of amides is 1. The highest BCUT2D eigenvalue weighted by atomic mass is 35.5. The molecule has 1 amide bonds. The summed E-state index contributed by atoms with van der Waals surface area (Å²) in [6, 6.07) is 7.01. The average Bonchev–Trinajstić information content (AvgIpc) is 2.99. The minimum atomic E-state index is -0.304. The molecule has 2 unspecified atom stereocenters. The minimum absolute atomic E-state index is 0.189. The number of anilines is 1. The van der Waals surface area contributed by atoms with Crippen molar-refractivity contribution in [1.29, 1.82) is 0 Å². The number of pyridine rings is 1. The maximum Gasteiger partial charge on any atom is 0.287 e. The number of rotatable bonds is 4. The van der Waals surface area contributed by atoms with E-state index in [2.05, 4.69) is 29.0 Å². The lowest BCUT2D eigenvalue weighted by atomic mass is 10.2. The Morgan fingerprint density at radius 3 is 2.62 bits per heavy atom. The van der Waals surface area contributed by atoms with Crippen LogP contribution in [0.5, 0.6) is 0 Å². The van der Waals surface area contributed by atoms with E-state index in [1.165, 1.54) is 6.07 Å². The molecule has 1 saturated heterocycles. The molecule has 7 heteroatoms. The van der Waals surface area contributed by atoms with Gasteiger partial charge in [-0.15, -0.1) is 0 Å². The van der Waals surface area contributed by atoms with Gasteiger partial charge in [0, 0.05) is 25.8 Å². The van der Waals surface area contributed by atoms with Gasteiger partial charge in [0.1, 0.15) is 5.82 Å². The lowest BCUT2D eigenvalue weighted by Gasteiger charge is -2.36. The molecule has 2 aromatic heterocycles. The first kappa shape index (κ1) is 16.8. The van der Waals surface area contributed by atoms with Gasteiger partial charge in [0.05, 0.1) is 12.2 Å². The summed E-state index contributed by atoms with van der Waals surface area (Å²) >= 11 is 5.66. The van der Waals surface area contributed by atoms with Crippen molar-refractivity contribution in [3.63, 3.8) is 0 Å². The average molecular weight is 350 g/mol. The highest BCUT2D eigenvalue weighted by Crippen LogP contribution is 2.18. The van der Waals surface area contributed by atoms with Crippen molar-refractivity contribution in [3.05, 3.63) is 47.0 Å². The van der Waals surface area contributed by atoms with E-state index in [1.807, 2.05) is 12.1 Å². The first-order chi connectivity index (χ1) is 11.5. The second kappa shape index (κ2) is 7.23. The minimum Gasteiger partial charge on any atom is -0.440 e. The Kier molecular flexibility index (Phi) is 5.06. The Morgan fingerprint density at radius 1 is 1.29 bits per heavy atom. The predicted octanol–water partition coefficient (Wildman–Crippen LogP) is 2.87. The van der Waals surface area contributed by atoms with E-state index in [0.29, 0.717) is 6.54 Å². The zero-order chi connectivity index (χ0) is 17.1. The van der Waals surface area contributed by atoms with E-state index in [0.717, 1.165) is 24.5 Å². The van der Waals surface area contributed by atoms with E-state index in [-0.39, 0.29) is 29.1 Å². The number of carbonyl (C=O) groups is 1. The van der Waals surface area contributed by atoms with E-state index < -0.39 is 0 Å². The number of furan rings is 1. The number of ether oxygens (including phenoxy) is 1. The summed E-state index contributed by atoms with van der Waals surface area (Å²) in [5.41, 5.74) is 0.916. The first-order valence-electron chi connectivity index (χ1n) is 7.90. The predicted molar refractivity (Wildman–Crippen MR) is 91.3 cm³/mol. The molecule has 2 atom stereocenters. The quantitative estimate of drug-likeness (QED) is 0.919. The third-order valence-electron chi connectivity index (χ3n) is 3.80. The number of hydrogen-bond acceptors (Lipinski definition) is 5. The van der Waals surface area contributed by atoms with Crippen LogP contribution >= 0.6 is 11.6 Å². The third kappa shape index (κ3) is 4.07. The normalized spacial score (nSPS) is 20.9. The number of aromatic nitrogens is 1. The van der Waals surface area contributed by atoms with Crippen molar-refractivity contribution in [1.82, 2.24) is 10.3 Å². The summed E-state index contributed by atoms with van der Waals surface area (Å²) in [4.78, 5) is 18.6. The van der Waals surface area contributed by atoms with Gasteiger partial charge in [-0.3, -0.25) is 4.79 Å². The van der Waals surface area contributed by atoms with Crippen LogP contribution in [0.1, 0.15) is 30.0 Å². The van der Waals surface area contributed by atoms with Gasteiger partial charge < -0.3 is 19.4 Å². The van der Waals surface area contributed by atoms with Gasteiger partial charge in [-0.25, -0.2) is 4.98 Å². The molecule has 0 radical (unpaired) electrons. The van der Waals surface area contributed by atoms with Crippen LogP contribution in [0.3, 0.4) is 0 Å². The molecule has 0 spiro atoms. The fourth-order valence-electron chi connectivity index (χ4n) is 2.78. The van der Waals surface area contributed by atoms with Gasteiger partial charge in [-0.05, 0) is 49.2 Å². The summed E-state index contributed by atoms with van der Waals surface area (Å²) in [6.45, 7) is 6.15. The number of carbonyl (C=O) groups excluding carboxylic acids is 1. The fourth-order valence-corrected chi connectivity index (χ4v) is 2.93. The van der Waals surface area contributed by atoms with E-state index in [9.17, 15) is 4.79 Å². The van der Waals surface area contributed by atoms with Crippen LogP contribution in [-0.4, -0.2) is 36.2 Å². The summed E-state index contributed by atoms with van der Waals surface area (Å²) in [7, 11) is 0. The standard InChI is InChI=1S/C17H20ClN3O3/c1-11-9-21(10-12(2)23-11)16-6-3-13(7-19-16)8-20-17(22)14-4-5-15(18)24-14/h3-7,11-12H,8-10H2,1-2H3,(H,20,22). The second-order valence-electron chi connectivity index (χ2n) is 5.97. The first-order valence-corrected chi connectivity index (χ1v) is 8.28. The molecule has 1 aliphatic heterocycles. The lowest BCUT2D eigenvalue weighted by molar-refractivity contribution is -0.00546. The van der Waals surface area contributed by atoms with Crippen LogP contribution in [-0.2, 0) is 11.3 Å². The van der Waals surface area contributed by atoms with Crippen LogP contribution in [0.2, 0.25) is 5.22 Å². The molecule has 2 aromatic rings. The highest BCUT2D eigenvalue weighted by molar-refractivity contribution is 6.29. The SMILES string of the molecule is CC1CN(c2ccc(CNC(=O)c3ccc(Cl)o3)cn2)CC(C)O1. The molecule has 1 N–H and O–H groups in total. The number of nitrogens with one attached hydrogen (secondary N) is 1. The zero-order valence-electron chi connectivity index (χ0n) is 13.7. The Balaban J connectivity index is 1.57. The van der Waals surface area contributed by atoms with Crippen molar-refractivity contribution >= 4 is 23.3 Å². The zero-order valence-corrected chi connectivity index (χ0v) is 14.4. The molecule has 128 valence electrons. The second-order valence-corrected chi connectivity index (χ2v) is 6.35. The molecule has 1 fully saturated rings. The van der Waals surface area contributed by atoms with Crippen molar-refractivity contribution in [3.8, 4) is 0 Å². The molecule has 3 rings (SSSR count). The van der Waals surface area contributed by atoms with Crippen LogP contribution in [0.4, 0.5) is 5.82 Å². The molecular formula is C17H20ClN3O3. The monoisotopic (exact) mass is 349 g/mol. The molecule has 24 heavy (non-hydrogen) atoms. The molecule has 1 aliphatic rings. The van der Waals surface area contributed by atoms with E-state index in [4.69, 9.17) is 20.8 Å². The topological polar surface area (TPSA) is 67.6 Å². The summed E-state index contributed by atoms with van der Waals surface area (Å²) in [5.74, 6) is 0.813. The van der Waals surface area contributed by atoms with Gasteiger partial charge in [-0.2, -0.15) is 0 Å². The molecule has 0 saturated carbocycles. The summed E-state index contributed by atoms with van der Waals surface area (Å²) < 4.78 is 10.8. The maximum absolute atomic E-state index is 11.9. The van der Waals surface area contributed by atoms with Gasteiger partial charge in [0.25, 0.3) is 5.91 Å². The molecule has 0 aliphatic carbocycles. The van der Waals surface area contributed by atoms with Crippen molar-refractivity contribution < 1.29 is 13.9 Å². The van der Waals surface area contributed by atoms with Crippen molar-refractivity contribution in [2.45, 2.75) is 32.6 Å². The van der Waals surface area contributed by atoms with Crippen molar-refractivity contribution in [2.24, 2.45) is 0 Å². The molecule has 0 bridgehead atoms. The Labute approximate surface area is 145 Å². The van der Waals surface area contributed by atoms with E-state index >= 15 is 0 Å². The lowest BCUT2D eigenvalue weighted by Crippen LogP contribution is -2.45. The summed E-state index contributed by atoms with van der Waals surface area (Å²) in [5, 5.41) is 2.97.